The Balaban J connectivity index is 1.22. The molecule has 3 aliphatic rings. The lowest BCUT2D eigenvalue weighted by Gasteiger charge is -2.37. The van der Waals surface area contributed by atoms with Gasteiger partial charge in [0.2, 0.25) is 11.6 Å². The van der Waals surface area contributed by atoms with Crippen molar-refractivity contribution in [2.24, 2.45) is 0 Å². The van der Waals surface area contributed by atoms with Gasteiger partial charge in [0, 0.05) is 10.9 Å². The topological polar surface area (TPSA) is 137 Å². The Morgan fingerprint density at radius 1 is 0.973 bits per heavy atom. The minimum atomic E-state index is -1.06. The van der Waals surface area contributed by atoms with Crippen LogP contribution in [0.25, 0.3) is 22.4 Å². The number of rotatable bonds is 6. The molecular weight excluding hydrogens is 472 g/mol. The van der Waals surface area contributed by atoms with Crippen molar-refractivity contribution in [2.75, 3.05) is 13.2 Å². The van der Waals surface area contributed by atoms with Crippen LogP contribution in [0.1, 0.15) is 61.1 Å². The Labute approximate surface area is 213 Å². The third-order valence-electron chi connectivity index (χ3n) is 7.82. The van der Waals surface area contributed by atoms with E-state index < -0.39 is 22.6 Å². The van der Waals surface area contributed by atoms with E-state index in [0.717, 1.165) is 30.4 Å². The zero-order valence-corrected chi connectivity index (χ0v) is 20.4. The second-order valence-electron chi connectivity index (χ2n) is 10.5. The van der Waals surface area contributed by atoms with Crippen LogP contribution in [0.5, 0.6) is 0 Å². The minimum Gasteiger partial charge on any atom is -0.433 e. The van der Waals surface area contributed by atoms with E-state index in [-0.39, 0.29) is 24.9 Å². The van der Waals surface area contributed by atoms with Gasteiger partial charge >= 0.3 is 0 Å². The maximum Gasteiger partial charge on any atom is 0.287 e. The minimum absolute atomic E-state index is 0.0846. The van der Waals surface area contributed by atoms with Crippen molar-refractivity contribution in [3.63, 3.8) is 0 Å². The maximum atomic E-state index is 13.3. The van der Waals surface area contributed by atoms with Crippen molar-refractivity contribution < 1.29 is 23.8 Å². The van der Waals surface area contributed by atoms with Gasteiger partial charge in [-0.1, -0.05) is 43.5 Å². The van der Waals surface area contributed by atoms with Crippen LogP contribution in [0.3, 0.4) is 0 Å². The molecule has 2 aromatic heterocycles. The van der Waals surface area contributed by atoms with Crippen LogP contribution in [0, 0.1) is 11.3 Å². The average Bonchev–Trinajstić information content (AvgIpc) is 3.54. The van der Waals surface area contributed by atoms with Crippen molar-refractivity contribution in [1.29, 1.82) is 5.26 Å². The fourth-order valence-corrected chi connectivity index (χ4v) is 5.17. The number of nitrogens with one attached hydrogen (secondary N) is 2. The smallest absolute Gasteiger partial charge is 0.287 e. The fraction of sp³-hybridized carbons (Fsp3) is 0.429. The fourth-order valence-electron chi connectivity index (χ4n) is 5.17. The molecular formula is C28H28N4O5. The lowest BCUT2D eigenvalue weighted by Crippen LogP contribution is -2.61. The molecule has 0 radical (unpaired) electrons. The molecule has 3 heterocycles. The van der Waals surface area contributed by atoms with E-state index in [1.165, 1.54) is 0 Å². The number of hydrogen-bond donors (Lipinski definition) is 3. The predicted molar refractivity (Wildman–Crippen MR) is 133 cm³/mol. The van der Waals surface area contributed by atoms with Gasteiger partial charge in [-0.25, -0.2) is 4.98 Å². The molecule has 1 aromatic carbocycles. The van der Waals surface area contributed by atoms with E-state index >= 15 is 0 Å². The van der Waals surface area contributed by atoms with E-state index in [1.54, 1.807) is 6.07 Å². The van der Waals surface area contributed by atoms with Gasteiger partial charge in [0.25, 0.3) is 5.91 Å². The molecule has 0 atom stereocenters. The summed E-state index contributed by atoms with van der Waals surface area (Å²) in [7, 11) is 0. The molecule has 9 nitrogen and oxygen atoms in total. The second kappa shape index (κ2) is 8.68. The summed E-state index contributed by atoms with van der Waals surface area (Å²) >= 11 is 0. The highest BCUT2D eigenvalue weighted by Gasteiger charge is 2.50. The van der Waals surface area contributed by atoms with Crippen LogP contribution in [0.2, 0.25) is 0 Å². The van der Waals surface area contributed by atoms with Gasteiger partial charge in [-0.05, 0) is 49.4 Å². The number of nitrogens with zero attached hydrogens (tertiary/aromatic N) is 2. The molecule has 2 aliphatic carbocycles. The van der Waals surface area contributed by atoms with Crippen molar-refractivity contribution in [3.05, 3.63) is 53.8 Å². The van der Waals surface area contributed by atoms with E-state index in [2.05, 4.69) is 21.7 Å². The molecule has 190 valence electrons. The first-order valence-corrected chi connectivity index (χ1v) is 12.7. The lowest BCUT2D eigenvalue weighted by atomic mass is 9.80. The number of furan rings is 1. The molecule has 9 heteroatoms. The molecule has 2 amide bonds. The molecule has 3 aromatic rings. The Kier molecular flexibility index (Phi) is 5.55. The molecule has 2 saturated carbocycles. The van der Waals surface area contributed by atoms with Crippen LogP contribution in [-0.2, 0) is 15.1 Å². The van der Waals surface area contributed by atoms with Gasteiger partial charge in [-0.3, -0.25) is 9.59 Å². The summed E-state index contributed by atoms with van der Waals surface area (Å²) in [4.78, 5) is 31.1. The maximum absolute atomic E-state index is 13.3. The number of aromatic nitrogens is 1. The van der Waals surface area contributed by atoms with E-state index in [9.17, 15) is 20.0 Å². The zero-order valence-electron chi connectivity index (χ0n) is 20.4. The van der Waals surface area contributed by atoms with Gasteiger partial charge in [-0.15, -0.1) is 0 Å². The van der Waals surface area contributed by atoms with Crippen LogP contribution in [0.15, 0.2) is 46.9 Å². The zero-order chi connectivity index (χ0) is 25.7. The van der Waals surface area contributed by atoms with Crippen molar-refractivity contribution >= 4 is 22.9 Å². The number of pyridine rings is 1. The summed E-state index contributed by atoms with van der Waals surface area (Å²) in [5.41, 5.74) is -0.151. The highest BCUT2D eigenvalue weighted by molar-refractivity contribution is 6.00. The number of aliphatic hydroxyl groups is 1. The Hall–Kier alpha value is -3.74. The summed E-state index contributed by atoms with van der Waals surface area (Å²) < 4.78 is 11.0. The summed E-state index contributed by atoms with van der Waals surface area (Å²) in [6, 6.07) is 15.0. The predicted octanol–water partition coefficient (Wildman–Crippen LogP) is 3.32. The molecule has 1 aliphatic heterocycles. The van der Waals surface area contributed by atoms with E-state index in [0.29, 0.717) is 42.5 Å². The number of amides is 2. The molecule has 0 spiro atoms. The summed E-state index contributed by atoms with van der Waals surface area (Å²) in [6.45, 7) is 0.575. The highest BCUT2D eigenvalue weighted by Crippen LogP contribution is 2.37. The molecule has 1 saturated heterocycles. The summed E-state index contributed by atoms with van der Waals surface area (Å²) in [6.07, 6.45) is 4.95. The van der Waals surface area contributed by atoms with E-state index in [4.69, 9.17) is 9.15 Å². The number of hydrogen-bond acceptors (Lipinski definition) is 7. The second-order valence-corrected chi connectivity index (χ2v) is 10.5. The number of ether oxygens (including phenoxy) is 1. The summed E-state index contributed by atoms with van der Waals surface area (Å²) in [5.74, 6) is -0.683. The highest BCUT2D eigenvalue weighted by atomic mass is 16.5. The van der Waals surface area contributed by atoms with Crippen LogP contribution in [0.4, 0.5) is 0 Å². The lowest BCUT2D eigenvalue weighted by molar-refractivity contribution is -0.184. The van der Waals surface area contributed by atoms with Gasteiger partial charge in [0.1, 0.15) is 16.7 Å². The molecule has 0 bridgehead atoms. The first-order chi connectivity index (χ1) is 17.8. The van der Waals surface area contributed by atoms with E-state index in [1.807, 2.05) is 36.4 Å². The first kappa shape index (κ1) is 23.6. The molecule has 3 fully saturated rings. The first-order valence-electron chi connectivity index (χ1n) is 12.7. The monoisotopic (exact) mass is 500 g/mol. The standard InChI is InChI=1S/C28H28N4O5/c29-15-26(12-13-26)32-25(34)27(10-2-1-3-11-27)31-23(33)22-14-19-6-9-21(30-24(19)37-22)18-4-7-20(8-5-18)28(35)16-36-17-28/h4-9,14,35H,1-3,10-13,16-17H2,(H,31,33)(H,32,34). The molecule has 0 unspecified atom stereocenters. The number of carbonyl (C=O) groups excluding carboxylic acids is 2. The normalized spacial score (nSPS) is 20.9. The third kappa shape index (κ3) is 4.26. The van der Waals surface area contributed by atoms with Gasteiger partial charge < -0.3 is 24.9 Å². The Morgan fingerprint density at radius 3 is 2.32 bits per heavy atom. The molecule has 37 heavy (non-hydrogen) atoms. The number of benzene rings is 1. The third-order valence-corrected chi connectivity index (χ3v) is 7.82. The number of fused-ring (bicyclic) bond motifs is 1. The van der Waals surface area contributed by atoms with Crippen molar-refractivity contribution in [1.82, 2.24) is 15.6 Å². The number of nitriles is 1. The van der Waals surface area contributed by atoms with Crippen LogP contribution in [-0.4, -0.2) is 46.2 Å². The van der Waals surface area contributed by atoms with Gasteiger partial charge in [-0.2, -0.15) is 5.26 Å². The van der Waals surface area contributed by atoms with Crippen molar-refractivity contribution in [2.45, 2.75) is 61.6 Å². The summed E-state index contributed by atoms with van der Waals surface area (Å²) in [5, 5.41) is 26.4. The molecule has 6 rings (SSSR count). The largest absolute Gasteiger partial charge is 0.433 e. The Bertz CT molecular complexity index is 1410. The SMILES string of the molecule is N#CC1(NC(=O)C2(NC(=O)c3cc4ccc(-c5ccc(C6(O)COC6)cc5)nc4o3)CCCCC2)CC1. The quantitative estimate of drug-likeness (QED) is 0.472. The average molecular weight is 501 g/mol. The molecule has 3 N–H and O–H groups in total. The number of carbonyl (C=O) groups is 2. The van der Waals surface area contributed by atoms with Gasteiger partial charge in [0.15, 0.2) is 5.76 Å². The van der Waals surface area contributed by atoms with Crippen molar-refractivity contribution in [3.8, 4) is 17.3 Å². The van der Waals surface area contributed by atoms with Crippen LogP contribution >= 0.6 is 0 Å². The van der Waals surface area contributed by atoms with Gasteiger partial charge in [0.05, 0.1) is 25.0 Å². The van der Waals surface area contributed by atoms with Crippen LogP contribution < -0.4 is 10.6 Å². The Morgan fingerprint density at radius 2 is 1.70 bits per heavy atom.